The van der Waals surface area contributed by atoms with E-state index in [2.05, 4.69) is 0 Å². The molecule has 0 spiro atoms. The van der Waals surface area contributed by atoms with Crippen molar-refractivity contribution in [3.8, 4) is 5.75 Å². The Bertz CT molecular complexity index is 1420. The van der Waals surface area contributed by atoms with Crippen molar-refractivity contribution in [3.63, 3.8) is 0 Å². The molecule has 2 amide bonds. The van der Waals surface area contributed by atoms with Gasteiger partial charge in [0.1, 0.15) is 4.90 Å². The number of carbonyl (C=O) groups is 2. The van der Waals surface area contributed by atoms with Gasteiger partial charge < -0.3 is 4.18 Å². The van der Waals surface area contributed by atoms with Crippen molar-refractivity contribution in [1.29, 1.82) is 0 Å². The van der Waals surface area contributed by atoms with Gasteiger partial charge in [-0.2, -0.15) is 8.42 Å². The van der Waals surface area contributed by atoms with Crippen LogP contribution < -0.4 is 4.18 Å². The molecule has 0 unspecified atom stereocenters. The average Bonchev–Trinajstić information content (AvgIpc) is 3.04. The van der Waals surface area contributed by atoms with Gasteiger partial charge in [0.25, 0.3) is 11.1 Å². The molecule has 11 heteroatoms. The van der Waals surface area contributed by atoms with Crippen LogP contribution in [0.4, 0.5) is 4.79 Å². The third kappa shape index (κ3) is 5.42. The van der Waals surface area contributed by atoms with Gasteiger partial charge in [0.05, 0.1) is 16.5 Å². The zero-order valence-electron chi connectivity index (χ0n) is 17.1. The van der Waals surface area contributed by atoms with Crippen molar-refractivity contribution in [2.45, 2.75) is 11.4 Å². The van der Waals surface area contributed by atoms with E-state index in [0.29, 0.717) is 21.2 Å². The summed E-state index contributed by atoms with van der Waals surface area (Å²) >= 11 is 19.0. The van der Waals surface area contributed by atoms with Gasteiger partial charge in [-0.05, 0) is 71.4 Å². The van der Waals surface area contributed by atoms with E-state index in [-0.39, 0.29) is 27.1 Å². The van der Waals surface area contributed by atoms with Crippen molar-refractivity contribution in [1.82, 2.24) is 4.90 Å². The van der Waals surface area contributed by atoms with Crippen LogP contribution in [0.3, 0.4) is 0 Å². The van der Waals surface area contributed by atoms with Gasteiger partial charge in [0.15, 0.2) is 5.75 Å². The van der Waals surface area contributed by atoms with Gasteiger partial charge in [-0.3, -0.25) is 14.5 Å². The normalized spacial score (nSPS) is 15.3. The maximum atomic E-state index is 12.8. The monoisotopic (exact) mass is 553 g/mol. The summed E-state index contributed by atoms with van der Waals surface area (Å²) in [6.07, 6.45) is 1.50. The summed E-state index contributed by atoms with van der Waals surface area (Å²) in [5.74, 6) is -0.544. The fourth-order valence-electron chi connectivity index (χ4n) is 3.03. The predicted octanol–water partition coefficient (Wildman–Crippen LogP) is 6.65. The molecule has 0 aromatic heterocycles. The Morgan fingerprint density at radius 2 is 1.62 bits per heavy atom. The lowest BCUT2D eigenvalue weighted by Crippen LogP contribution is -2.27. The van der Waals surface area contributed by atoms with E-state index >= 15 is 0 Å². The summed E-state index contributed by atoms with van der Waals surface area (Å²) in [4.78, 5) is 26.4. The van der Waals surface area contributed by atoms with Crippen LogP contribution in [0.15, 0.2) is 76.5 Å². The Balaban J connectivity index is 1.52. The molecule has 3 aromatic rings. The summed E-state index contributed by atoms with van der Waals surface area (Å²) < 4.78 is 30.1. The number of thioether (sulfide) groups is 1. The summed E-state index contributed by atoms with van der Waals surface area (Å²) in [5.41, 5.74) is 1.14. The summed E-state index contributed by atoms with van der Waals surface area (Å²) in [5, 5.41) is 0.442. The summed E-state index contributed by atoms with van der Waals surface area (Å²) in [7, 11) is -4.12. The number of carbonyl (C=O) groups excluding carboxylic acids is 2. The molecule has 0 radical (unpaired) electrons. The van der Waals surface area contributed by atoms with E-state index in [4.69, 9.17) is 39.0 Å². The highest BCUT2D eigenvalue weighted by Gasteiger charge is 2.35. The SMILES string of the molecule is O=C1S/C(=C\c2ccc(OS(=O)(=O)c3ccc(Cl)cc3)c(Cl)c2)C(=O)N1Cc1ccccc1Cl. The lowest BCUT2D eigenvalue weighted by Gasteiger charge is -2.13. The number of imide groups is 1. The van der Waals surface area contributed by atoms with E-state index in [1.165, 1.54) is 48.5 Å². The van der Waals surface area contributed by atoms with Crippen molar-refractivity contribution in [2.24, 2.45) is 0 Å². The number of rotatable bonds is 6. The Morgan fingerprint density at radius 1 is 0.912 bits per heavy atom. The Hall–Kier alpha value is -2.49. The molecule has 1 heterocycles. The van der Waals surface area contributed by atoms with Gasteiger partial charge in [-0.25, -0.2) is 0 Å². The minimum Gasteiger partial charge on any atom is -0.377 e. The third-order valence-corrected chi connectivity index (χ3v) is 7.79. The number of amides is 2. The fraction of sp³-hybridized carbons (Fsp3) is 0.0435. The minimum atomic E-state index is -4.12. The van der Waals surface area contributed by atoms with Crippen LogP contribution in [0.2, 0.25) is 15.1 Å². The maximum Gasteiger partial charge on any atom is 0.339 e. The van der Waals surface area contributed by atoms with Crippen LogP contribution >= 0.6 is 46.6 Å². The van der Waals surface area contributed by atoms with Gasteiger partial charge in [0.2, 0.25) is 0 Å². The van der Waals surface area contributed by atoms with Gasteiger partial charge in [-0.15, -0.1) is 0 Å². The number of hydrogen-bond acceptors (Lipinski definition) is 6. The van der Waals surface area contributed by atoms with Gasteiger partial charge in [-0.1, -0.05) is 59.1 Å². The van der Waals surface area contributed by atoms with Crippen molar-refractivity contribution < 1.29 is 22.2 Å². The van der Waals surface area contributed by atoms with Gasteiger partial charge >= 0.3 is 10.1 Å². The van der Waals surface area contributed by atoms with E-state index in [1.54, 1.807) is 24.3 Å². The first-order chi connectivity index (χ1) is 16.1. The zero-order valence-corrected chi connectivity index (χ0v) is 21.0. The van der Waals surface area contributed by atoms with Crippen molar-refractivity contribution in [3.05, 3.63) is 97.8 Å². The number of benzene rings is 3. The van der Waals surface area contributed by atoms with Crippen LogP contribution in [0.5, 0.6) is 5.75 Å². The quantitative estimate of drug-likeness (QED) is 0.251. The number of hydrogen-bond donors (Lipinski definition) is 0. The molecule has 1 aliphatic rings. The van der Waals surface area contributed by atoms with Crippen LogP contribution in [-0.4, -0.2) is 24.5 Å². The molecular weight excluding hydrogens is 541 g/mol. The molecule has 6 nitrogen and oxygen atoms in total. The molecule has 0 N–H and O–H groups in total. The van der Waals surface area contributed by atoms with Gasteiger partial charge in [0, 0.05) is 10.0 Å². The molecule has 174 valence electrons. The lowest BCUT2D eigenvalue weighted by atomic mass is 10.2. The first-order valence-electron chi connectivity index (χ1n) is 9.62. The highest BCUT2D eigenvalue weighted by Crippen LogP contribution is 2.35. The Morgan fingerprint density at radius 3 is 2.29 bits per heavy atom. The molecule has 3 aromatic carbocycles. The molecule has 4 rings (SSSR count). The van der Waals surface area contributed by atoms with Crippen LogP contribution in [0.25, 0.3) is 6.08 Å². The third-order valence-electron chi connectivity index (χ3n) is 4.72. The smallest absolute Gasteiger partial charge is 0.339 e. The van der Waals surface area contributed by atoms with Crippen LogP contribution in [-0.2, 0) is 21.5 Å². The second kappa shape index (κ2) is 10.0. The fourth-order valence-corrected chi connectivity index (χ4v) is 5.41. The maximum absolute atomic E-state index is 12.8. The molecule has 0 atom stereocenters. The predicted molar refractivity (Wildman–Crippen MR) is 134 cm³/mol. The summed E-state index contributed by atoms with van der Waals surface area (Å²) in [6, 6.07) is 16.8. The molecule has 1 fully saturated rings. The average molecular weight is 555 g/mol. The molecule has 1 aliphatic heterocycles. The second-order valence-corrected chi connectivity index (χ2v) is 10.8. The minimum absolute atomic E-state index is 0.0154. The van der Waals surface area contributed by atoms with E-state index in [1.807, 2.05) is 0 Å². The van der Waals surface area contributed by atoms with Crippen molar-refractivity contribution in [2.75, 3.05) is 0 Å². The van der Waals surface area contributed by atoms with Crippen LogP contribution in [0.1, 0.15) is 11.1 Å². The Labute approximate surface area is 215 Å². The van der Waals surface area contributed by atoms with E-state index in [0.717, 1.165) is 16.7 Å². The van der Waals surface area contributed by atoms with E-state index in [9.17, 15) is 18.0 Å². The van der Waals surface area contributed by atoms with Crippen LogP contribution in [0, 0.1) is 0 Å². The Kier molecular flexibility index (Phi) is 7.25. The second-order valence-electron chi connectivity index (χ2n) is 7.04. The number of halogens is 3. The molecular formula is C23H14Cl3NO5S2. The topological polar surface area (TPSA) is 80.8 Å². The lowest BCUT2D eigenvalue weighted by molar-refractivity contribution is -0.123. The standard InChI is InChI=1S/C23H14Cl3NO5S2/c24-16-6-8-17(9-7-16)34(30,31)32-20-10-5-14(11-19(20)26)12-21-22(28)27(23(29)33-21)13-15-3-1-2-4-18(15)25/h1-12H,13H2/b21-12-. The van der Waals surface area contributed by atoms with Crippen molar-refractivity contribution >= 4 is 73.9 Å². The molecule has 34 heavy (non-hydrogen) atoms. The first kappa shape index (κ1) is 24.6. The highest BCUT2D eigenvalue weighted by atomic mass is 35.5. The zero-order chi connectivity index (χ0) is 24.5. The molecule has 0 saturated carbocycles. The first-order valence-corrected chi connectivity index (χ1v) is 13.0. The molecule has 1 saturated heterocycles. The summed E-state index contributed by atoms with van der Waals surface area (Å²) in [6.45, 7) is 0.0533. The van der Waals surface area contributed by atoms with E-state index < -0.39 is 21.3 Å². The largest absolute Gasteiger partial charge is 0.377 e. The molecule has 0 aliphatic carbocycles. The molecule has 0 bridgehead atoms. The number of nitrogens with zero attached hydrogens (tertiary/aromatic N) is 1. The highest BCUT2D eigenvalue weighted by molar-refractivity contribution is 8.18.